The molecule has 0 radical (unpaired) electrons. The molecule has 3 nitrogen and oxygen atoms in total. The van der Waals surface area contributed by atoms with E-state index in [1.54, 1.807) is 11.0 Å². The summed E-state index contributed by atoms with van der Waals surface area (Å²) in [5, 5.41) is 10.2. The van der Waals surface area contributed by atoms with E-state index in [1.807, 2.05) is 44.2 Å². The fourth-order valence-corrected chi connectivity index (χ4v) is 2.96. The van der Waals surface area contributed by atoms with Crippen molar-refractivity contribution < 1.29 is 9.90 Å². The van der Waals surface area contributed by atoms with Crippen molar-refractivity contribution in [3.63, 3.8) is 0 Å². The second kappa shape index (κ2) is 5.24. The lowest BCUT2D eigenvalue weighted by molar-refractivity contribution is 0.0983. The van der Waals surface area contributed by atoms with Gasteiger partial charge >= 0.3 is 0 Å². The van der Waals surface area contributed by atoms with Gasteiger partial charge in [-0.3, -0.25) is 4.79 Å². The van der Waals surface area contributed by atoms with Crippen molar-refractivity contribution in [3.05, 3.63) is 58.7 Å². The van der Waals surface area contributed by atoms with Gasteiger partial charge in [0.15, 0.2) is 0 Å². The standard InChI is InChI=1S/C18H19NO2/c1-12-6-3-9-15(13(12)2)18(21)19-11-5-8-14-7-4-10-16(20)17(14)19/h3-4,6-7,9-10,20H,5,8,11H2,1-2H3. The van der Waals surface area contributed by atoms with Crippen LogP contribution in [-0.2, 0) is 6.42 Å². The van der Waals surface area contributed by atoms with Crippen molar-refractivity contribution in [2.45, 2.75) is 26.7 Å². The predicted octanol–water partition coefficient (Wildman–Crippen LogP) is 3.60. The predicted molar refractivity (Wildman–Crippen MR) is 84.0 cm³/mol. The Labute approximate surface area is 124 Å². The second-order valence-electron chi connectivity index (χ2n) is 5.59. The van der Waals surface area contributed by atoms with Crippen LogP contribution in [0.5, 0.6) is 5.75 Å². The zero-order chi connectivity index (χ0) is 15.0. The van der Waals surface area contributed by atoms with Gasteiger partial charge in [-0.15, -0.1) is 0 Å². The highest BCUT2D eigenvalue weighted by molar-refractivity contribution is 6.08. The average Bonchev–Trinajstić information content (AvgIpc) is 2.49. The number of phenolic OH excluding ortho intramolecular Hbond substituents is 1. The molecular weight excluding hydrogens is 262 g/mol. The molecule has 0 atom stereocenters. The van der Waals surface area contributed by atoms with Crippen LogP contribution in [0.4, 0.5) is 5.69 Å². The summed E-state index contributed by atoms with van der Waals surface area (Å²) in [5.74, 6) is 0.157. The second-order valence-corrected chi connectivity index (χ2v) is 5.59. The minimum Gasteiger partial charge on any atom is -0.506 e. The molecule has 0 unspecified atom stereocenters. The minimum absolute atomic E-state index is 0.0290. The topological polar surface area (TPSA) is 40.5 Å². The Morgan fingerprint density at radius 2 is 1.90 bits per heavy atom. The minimum atomic E-state index is -0.0290. The summed E-state index contributed by atoms with van der Waals surface area (Å²) in [7, 11) is 0. The van der Waals surface area contributed by atoms with Crippen molar-refractivity contribution in [2.75, 3.05) is 11.4 Å². The van der Waals surface area contributed by atoms with Gasteiger partial charge < -0.3 is 10.0 Å². The molecule has 0 spiro atoms. The maximum absolute atomic E-state index is 12.9. The van der Waals surface area contributed by atoms with Gasteiger partial charge in [0.1, 0.15) is 5.75 Å². The Morgan fingerprint density at radius 3 is 2.71 bits per heavy atom. The average molecular weight is 281 g/mol. The van der Waals surface area contributed by atoms with E-state index in [2.05, 4.69) is 0 Å². The van der Waals surface area contributed by atoms with Gasteiger partial charge in [0.05, 0.1) is 5.69 Å². The van der Waals surface area contributed by atoms with Crippen molar-refractivity contribution >= 4 is 11.6 Å². The molecule has 3 heteroatoms. The number of aryl methyl sites for hydroxylation is 2. The number of aromatic hydroxyl groups is 1. The van der Waals surface area contributed by atoms with Crippen LogP contribution in [0.1, 0.15) is 33.5 Å². The number of benzene rings is 2. The highest BCUT2D eigenvalue weighted by Gasteiger charge is 2.27. The molecule has 2 aromatic rings. The van der Waals surface area contributed by atoms with Gasteiger partial charge in [-0.1, -0.05) is 24.3 Å². The molecule has 1 heterocycles. The van der Waals surface area contributed by atoms with Crippen LogP contribution >= 0.6 is 0 Å². The van der Waals surface area contributed by atoms with Gasteiger partial charge in [0.2, 0.25) is 0 Å². The summed E-state index contributed by atoms with van der Waals surface area (Å²) in [6.45, 7) is 4.63. The summed E-state index contributed by atoms with van der Waals surface area (Å²) in [4.78, 5) is 14.6. The molecule has 3 rings (SSSR count). The summed E-state index contributed by atoms with van der Waals surface area (Å²) in [6.07, 6.45) is 1.83. The molecule has 1 aliphatic heterocycles. The third-order valence-electron chi connectivity index (χ3n) is 4.28. The highest BCUT2D eigenvalue weighted by atomic mass is 16.3. The number of para-hydroxylation sites is 1. The lowest BCUT2D eigenvalue weighted by Crippen LogP contribution is -2.36. The fraction of sp³-hybridized carbons (Fsp3) is 0.278. The first-order valence-electron chi connectivity index (χ1n) is 7.28. The number of fused-ring (bicyclic) bond motifs is 1. The quantitative estimate of drug-likeness (QED) is 0.867. The maximum atomic E-state index is 12.9. The number of anilines is 1. The lowest BCUT2D eigenvalue weighted by Gasteiger charge is -2.30. The zero-order valence-electron chi connectivity index (χ0n) is 12.4. The van der Waals surface area contributed by atoms with E-state index in [-0.39, 0.29) is 11.7 Å². The zero-order valence-corrected chi connectivity index (χ0v) is 12.4. The molecule has 0 bridgehead atoms. The van der Waals surface area contributed by atoms with Crippen molar-refractivity contribution in [3.8, 4) is 5.75 Å². The first-order chi connectivity index (χ1) is 10.1. The van der Waals surface area contributed by atoms with Crippen LogP contribution in [-0.4, -0.2) is 17.6 Å². The van der Waals surface area contributed by atoms with E-state index < -0.39 is 0 Å². The monoisotopic (exact) mass is 281 g/mol. The number of carbonyl (C=O) groups is 1. The smallest absolute Gasteiger partial charge is 0.258 e. The molecule has 1 amide bonds. The van der Waals surface area contributed by atoms with Crippen molar-refractivity contribution in [2.24, 2.45) is 0 Å². The molecule has 21 heavy (non-hydrogen) atoms. The number of hydrogen-bond acceptors (Lipinski definition) is 2. The van der Waals surface area contributed by atoms with Gasteiger partial charge in [-0.05, 0) is 55.5 Å². The molecule has 1 N–H and O–H groups in total. The van der Waals surface area contributed by atoms with Gasteiger partial charge in [0.25, 0.3) is 5.91 Å². The Hall–Kier alpha value is -2.29. The van der Waals surface area contributed by atoms with Crippen molar-refractivity contribution in [1.29, 1.82) is 0 Å². The van der Waals surface area contributed by atoms with Crippen molar-refractivity contribution in [1.82, 2.24) is 0 Å². The molecule has 0 fully saturated rings. The van der Waals surface area contributed by atoms with E-state index in [4.69, 9.17) is 0 Å². The summed E-state index contributed by atoms with van der Waals surface area (Å²) in [5.41, 5.74) is 4.54. The number of carbonyl (C=O) groups excluding carboxylic acids is 1. The number of rotatable bonds is 1. The first-order valence-corrected chi connectivity index (χ1v) is 7.28. The number of nitrogens with zero attached hydrogens (tertiary/aromatic N) is 1. The van der Waals surface area contributed by atoms with Gasteiger partial charge in [0, 0.05) is 12.1 Å². The normalized spacial score (nSPS) is 13.9. The summed E-state index contributed by atoms with van der Waals surface area (Å²) < 4.78 is 0. The molecule has 0 aromatic heterocycles. The van der Waals surface area contributed by atoms with E-state index in [0.717, 1.165) is 29.5 Å². The largest absolute Gasteiger partial charge is 0.506 e. The van der Waals surface area contributed by atoms with Crippen LogP contribution < -0.4 is 4.90 Å². The number of hydrogen-bond donors (Lipinski definition) is 1. The maximum Gasteiger partial charge on any atom is 0.258 e. The van der Waals surface area contributed by atoms with Crippen LogP contribution in [0.25, 0.3) is 0 Å². The van der Waals surface area contributed by atoms with Crippen LogP contribution in [0, 0.1) is 13.8 Å². The molecular formula is C18H19NO2. The van der Waals surface area contributed by atoms with E-state index in [9.17, 15) is 9.90 Å². The molecule has 108 valence electrons. The lowest BCUT2D eigenvalue weighted by atomic mass is 9.98. The van der Waals surface area contributed by atoms with Crippen LogP contribution in [0.3, 0.4) is 0 Å². The Morgan fingerprint density at radius 1 is 1.14 bits per heavy atom. The van der Waals surface area contributed by atoms with E-state index in [1.165, 1.54) is 0 Å². The Balaban J connectivity index is 2.07. The SMILES string of the molecule is Cc1cccc(C(=O)N2CCCc3cccc(O)c32)c1C. The van der Waals surface area contributed by atoms with Crippen LogP contribution in [0.15, 0.2) is 36.4 Å². The summed E-state index contributed by atoms with van der Waals surface area (Å²) >= 11 is 0. The van der Waals surface area contributed by atoms with Gasteiger partial charge in [-0.25, -0.2) is 0 Å². The highest BCUT2D eigenvalue weighted by Crippen LogP contribution is 2.36. The third-order valence-corrected chi connectivity index (χ3v) is 4.28. The number of amides is 1. The fourth-order valence-electron chi connectivity index (χ4n) is 2.96. The Kier molecular flexibility index (Phi) is 3.42. The molecule has 1 aliphatic rings. The van der Waals surface area contributed by atoms with E-state index in [0.29, 0.717) is 17.8 Å². The van der Waals surface area contributed by atoms with Crippen LogP contribution in [0.2, 0.25) is 0 Å². The molecule has 2 aromatic carbocycles. The molecule has 0 saturated carbocycles. The Bertz CT molecular complexity index is 706. The third kappa shape index (κ3) is 2.29. The molecule has 0 saturated heterocycles. The first kappa shape index (κ1) is 13.7. The van der Waals surface area contributed by atoms with E-state index >= 15 is 0 Å². The molecule has 0 aliphatic carbocycles. The number of phenols is 1. The van der Waals surface area contributed by atoms with Gasteiger partial charge in [-0.2, -0.15) is 0 Å². The summed E-state index contributed by atoms with van der Waals surface area (Å²) in [6, 6.07) is 11.2.